The highest BCUT2D eigenvalue weighted by atomic mass is 16.5. The maximum absolute atomic E-state index is 12.5. The maximum Gasteiger partial charge on any atom is 0.251 e. The Morgan fingerprint density at radius 3 is 2.68 bits per heavy atom. The molecular weight excluding hydrogens is 430 g/mol. The molecule has 0 aliphatic carbocycles. The van der Waals surface area contributed by atoms with Crippen molar-refractivity contribution >= 4 is 22.8 Å². The largest absolute Gasteiger partial charge is 0.471 e. The summed E-state index contributed by atoms with van der Waals surface area (Å²) in [5.41, 5.74) is 9.28. The van der Waals surface area contributed by atoms with Crippen LogP contribution in [0.3, 0.4) is 0 Å². The van der Waals surface area contributed by atoms with Crippen LogP contribution in [0.2, 0.25) is 0 Å². The number of fused-ring (bicyclic) bond motifs is 1. The fourth-order valence-corrected chi connectivity index (χ4v) is 4.58. The number of nitrogens with zero attached hydrogens (tertiary/aromatic N) is 3. The molecule has 1 atom stereocenters. The number of carbonyl (C=O) groups is 1. The van der Waals surface area contributed by atoms with Gasteiger partial charge < -0.3 is 25.4 Å². The lowest BCUT2D eigenvalue weighted by Crippen LogP contribution is -2.28. The highest BCUT2D eigenvalue weighted by Gasteiger charge is 2.20. The summed E-state index contributed by atoms with van der Waals surface area (Å²) in [6.07, 6.45) is 4.36. The molecule has 2 aliphatic heterocycles. The summed E-state index contributed by atoms with van der Waals surface area (Å²) in [6, 6.07) is 13.6. The van der Waals surface area contributed by atoms with Gasteiger partial charge in [-0.1, -0.05) is 18.2 Å². The predicted molar refractivity (Wildman–Crippen MR) is 132 cm³/mol. The number of rotatable bonds is 8. The van der Waals surface area contributed by atoms with E-state index in [4.69, 9.17) is 15.2 Å². The lowest BCUT2D eigenvalue weighted by atomic mass is 10.0. The zero-order valence-corrected chi connectivity index (χ0v) is 19.3. The van der Waals surface area contributed by atoms with Crippen LogP contribution in [0.4, 0.5) is 5.95 Å². The molecule has 0 spiro atoms. The number of nitrogen functional groups attached to an aromatic ring is 1. The lowest BCUT2D eigenvalue weighted by molar-refractivity contribution is 0.0952. The first-order valence-corrected chi connectivity index (χ1v) is 12.1. The van der Waals surface area contributed by atoms with Crippen LogP contribution >= 0.6 is 0 Å². The van der Waals surface area contributed by atoms with Gasteiger partial charge in [-0.15, -0.1) is 0 Å². The SMILES string of the molecule is Nc1nc(O[C@@H]2CCOC2)c2cc(-c3ccc(C(=O)NCCCN4CCCC4)cc3)ccc2n1. The van der Waals surface area contributed by atoms with Gasteiger partial charge in [0, 0.05) is 18.5 Å². The number of benzene rings is 2. The molecule has 0 saturated carbocycles. The van der Waals surface area contributed by atoms with Crippen molar-refractivity contribution in [2.75, 3.05) is 45.1 Å². The van der Waals surface area contributed by atoms with E-state index in [0.29, 0.717) is 31.2 Å². The number of amides is 1. The smallest absolute Gasteiger partial charge is 0.251 e. The molecule has 3 aromatic rings. The van der Waals surface area contributed by atoms with E-state index in [1.165, 1.54) is 25.9 Å². The van der Waals surface area contributed by atoms with Gasteiger partial charge >= 0.3 is 0 Å². The van der Waals surface area contributed by atoms with Crippen molar-refractivity contribution in [3.63, 3.8) is 0 Å². The third-order valence-corrected chi connectivity index (χ3v) is 6.46. The van der Waals surface area contributed by atoms with Crippen LogP contribution in [0.1, 0.15) is 36.0 Å². The molecule has 3 heterocycles. The number of nitrogens with two attached hydrogens (primary N) is 1. The normalized spacial score (nSPS) is 18.4. The molecule has 5 rings (SSSR count). The van der Waals surface area contributed by atoms with Crippen LogP contribution in [0.15, 0.2) is 42.5 Å². The van der Waals surface area contributed by atoms with Gasteiger partial charge in [0.15, 0.2) is 0 Å². The molecule has 0 bridgehead atoms. The van der Waals surface area contributed by atoms with Crippen LogP contribution in [-0.4, -0.2) is 66.3 Å². The molecule has 2 fully saturated rings. The first-order valence-electron chi connectivity index (χ1n) is 12.1. The van der Waals surface area contributed by atoms with Crippen molar-refractivity contribution < 1.29 is 14.3 Å². The lowest BCUT2D eigenvalue weighted by Gasteiger charge is -2.14. The topological polar surface area (TPSA) is 103 Å². The molecular formula is C26H31N5O3. The molecule has 1 aromatic heterocycles. The fourth-order valence-electron chi connectivity index (χ4n) is 4.58. The zero-order valence-electron chi connectivity index (χ0n) is 19.3. The maximum atomic E-state index is 12.5. The fraction of sp³-hybridized carbons (Fsp3) is 0.423. The Kier molecular flexibility index (Phi) is 6.87. The Morgan fingerprint density at radius 2 is 1.91 bits per heavy atom. The third kappa shape index (κ3) is 5.29. The van der Waals surface area contributed by atoms with E-state index in [1.807, 2.05) is 42.5 Å². The van der Waals surface area contributed by atoms with Crippen molar-refractivity contribution in [2.24, 2.45) is 0 Å². The van der Waals surface area contributed by atoms with Gasteiger partial charge in [-0.25, -0.2) is 4.98 Å². The Hall–Kier alpha value is -3.23. The summed E-state index contributed by atoms with van der Waals surface area (Å²) in [6.45, 7) is 5.36. The van der Waals surface area contributed by atoms with Crippen LogP contribution in [-0.2, 0) is 4.74 Å². The van der Waals surface area contributed by atoms with Gasteiger partial charge in [-0.3, -0.25) is 4.79 Å². The van der Waals surface area contributed by atoms with Crippen LogP contribution in [0.5, 0.6) is 5.88 Å². The molecule has 178 valence electrons. The van der Waals surface area contributed by atoms with Gasteiger partial charge in [0.25, 0.3) is 5.91 Å². The summed E-state index contributed by atoms with van der Waals surface area (Å²) >= 11 is 0. The number of anilines is 1. The summed E-state index contributed by atoms with van der Waals surface area (Å²) in [5, 5.41) is 3.84. The number of likely N-dealkylation sites (tertiary alicyclic amines) is 1. The first kappa shape index (κ1) is 22.6. The van der Waals surface area contributed by atoms with Gasteiger partial charge in [-0.2, -0.15) is 4.98 Å². The van der Waals surface area contributed by atoms with Gasteiger partial charge in [0.05, 0.1) is 24.1 Å². The number of aromatic nitrogens is 2. The molecule has 1 amide bonds. The van der Waals surface area contributed by atoms with E-state index >= 15 is 0 Å². The Balaban J connectivity index is 1.26. The molecule has 2 saturated heterocycles. The summed E-state index contributed by atoms with van der Waals surface area (Å²) in [7, 11) is 0. The second kappa shape index (κ2) is 10.4. The van der Waals surface area contributed by atoms with Crippen LogP contribution in [0, 0.1) is 0 Å². The molecule has 8 heteroatoms. The van der Waals surface area contributed by atoms with Crippen LogP contribution in [0.25, 0.3) is 22.0 Å². The highest BCUT2D eigenvalue weighted by Crippen LogP contribution is 2.30. The minimum absolute atomic E-state index is 0.0331. The van der Waals surface area contributed by atoms with Crippen molar-refractivity contribution in [3.05, 3.63) is 48.0 Å². The van der Waals surface area contributed by atoms with E-state index in [9.17, 15) is 4.79 Å². The van der Waals surface area contributed by atoms with Crippen molar-refractivity contribution in [1.82, 2.24) is 20.2 Å². The molecule has 34 heavy (non-hydrogen) atoms. The quantitative estimate of drug-likeness (QED) is 0.496. The second-order valence-corrected chi connectivity index (χ2v) is 8.96. The standard InChI is InChI=1S/C26H31N5O3/c27-26-29-23-9-8-20(16-22(23)25(30-26)34-21-10-15-33-17-21)18-4-6-19(7-5-18)24(32)28-11-3-14-31-12-1-2-13-31/h4-9,16,21H,1-3,10-15,17H2,(H,28,32)(H2,27,29,30)/t21-/m1/s1. The van der Waals surface area contributed by atoms with Gasteiger partial charge in [0.2, 0.25) is 11.8 Å². The molecule has 0 radical (unpaired) electrons. The van der Waals surface area contributed by atoms with Crippen molar-refractivity contribution in [2.45, 2.75) is 31.8 Å². The average Bonchev–Trinajstić information content (AvgIpc) is 3.56. The van der Waals surface area contributed by atoms with Crippen LogP contribution < -0.4 is 15.8 Å². The number of carbonyl (C=O) groups excluding carboxylic acids is 1. The van der Waals surface area contributed by atoms with Gasteiger partial charge in [-0.05, 0) is 74.3 Å². The minimum atomic E-state index is -0.0372. The molecule has 0 unspecified atom stereocenters. The number of hydrogen-bond acceptors (Lipinski definition) is 7. The molecule has 8 nitrogen and oxygen atoms in total. The Morgan fingerprint density at radius 1 is 1.12 bits per heavy atom. The first-order chi connectivity index (χ1) is 16.7. The predicted octanol–water partition coefficient (Wildman–Crippen LogP) is 3.26. The average molecular weight is 462 g/mol. The Labute approximate surface area is 199 Å². The minimum Gasteiger partial charge on any atom is -0.471 e. The number of nitrogens with one attached hydrogen (secondary N) is 1. The van der Waals surface area contributed by atoms with E-state index in [-0.39, 0.29) is 18.0 Å². The molecule has 3 N–H and O–H groups in total. The van der Waals surface area contributed by atoms with Crippen molar-refractivity contribution in [3.8, 4) is 17.0 Å². The van der Waals surface area contributed by atoms with E-state index in [2.05, 4.69) is 20.2 Å². The third-order valence-electron chi connectivity index (χ3n) is 6.46. The monoisotopic (exact) mass is 461 g/mol. The number of ether oxygens (including phenoxy) is 2. The highest BCUT2D eigenvalue weighted by molar-refractivity contribution is 5.95. The summed E-state index contributed by atoms with van der Waals surface area (Å²) < 4.78 is 11.5. The van der Waals surface area contributed by atoms with E-state index in [0.717, 1.165) is 41.4 Å². The molecule has 2 aliphatic rings. The zero-order chi connectivity index (χ0) is 23.3. The second-order valence-electron chi connectivity index (χ2n) is 8.96. The summed E-state index contributed by atoms with van der Waals surface area (Å²) in [4.78, 5) is 23.7. The molecule has 2 aromatic carbocycles. The number of hydrogen-bond donors (Lipinski definition) is 2. The Bertz CT molecular complexity index is 1140. The van der Waals surface area contributed by atoms with Gasteiger partial charge in [0.1, 0.15) is 6.10 Å². The summed E-state index contributed by atoms with van der Waals surface area (Å²) in [5.74, 6) is 0.625. The van der Waals surface area contributed by atoms with Crippen molar-refractivity contribution in [1.29, 1.82) is 0 Å². The van der Waals surface area contributed by atoms with E-state index in [1.54, 1.807) is 0 Å². The van der Waals surface area contributed by atoms with E-state index < -0.39 is 0 Å².